The highest BCUT2D eigenvalue weighted by atomic mass is 32.3. The van der Waals surface area contributed by atoms with Crippen LogP contribution in [0, 0.1) is 5.92 Å². The van der Waals surface area contributed by atoms with Crippen molar-refractivity contribution in [2.45, 2.75) is 58.1 Å². The lowest BCUT2D eigenvalue weighted by molar-refractivity contribution is -0.148. The van der Waals surface area contributed by atoms with E-state index in [1.54, 1.807) is 20.8 Å². The molecule has 2 N–H and O–H groups in total. The lowest BCUT2D eigenvalue weighted by atomic mass is 10.1. The van der Waals surface area contributed by atoms with Gasteiger partial charge in [0, 0.05) is 25.4 Å². The van der Waals surface area contributed by atoms with E-state index in [1.807, 2.05) is 0 Å². The van der Waals surface area contributed by atoms with Crippen molar-refractivity contribution in [3.8, 4) is 0 Å². The highest BCUT2D eigenvalue weighted by molar-refractivity contribution is 7.86. The van der Waals surface area contributed by atoms with Crippen LogP contribution in [-0.4, -0.2) is 66.9 Å². The molecule has 11 heteroatoms. The van der Waals surface area contributed by atoms with Crippen molar-refractivity contribution in [2.75, 3.05) is 18.8 Å². The number of hydrogen-bond acceptors (Lipinski definition) is 6. The number of hydrogen-bond donors (Lipinski definition) is 2. The van der Waals surface area contributed by atoms with Gasteiger partial charge in [0.2, 0.25) is 5.91 Å². The monoisotopic (exact) mass is 410 g/mol. The van der Waals surface area contributed by atoms with Crippen LogP contribution in [0.25, 0.3) is 0 Å². The van der Waals surface area contributed by atoms with Gasteiger partial charge in [-0.3, -0.25) is 4.79 Å². The topological polar surface area (TPSA) is 130 Å². The molecule has 0 saturated carbocycles. The van der Waals surface area contributed by atoms with E-state index in [4.69, 9.17) is 4.74 Å². The second-order valence-corrected chi connectivity index (χ2v) is 9.01. The Morgan fingerprint density at radius 2 is 2.00 bits per heavy atom. The Morgan fingerprint density at radius 3 is 2.52 bits per heavy atom. The molecule has 0 aromatic heterocycles. The van der Waals surface area contributed by atoms with E-state index in [0.717, 1.165) is 4.90 Å². The molecule has 1 saturated heterocycles. The molecule has 1 fully saturated rings. The standard InChI is InChI=1S/C16H27FN2O7S/c1-16(2,3)26-15(23)18-7-5-4-6-12(14(21)22)19-9-11(8-13(19)20)10-27(17,24)25/h11-12H,4-10H2,1-3H3,(H,18,23)(H,21,22)/t11?,12-/m0/s1. The molecule has 0 bridgehead atoms. The van der Waals surface area contributed by atoms with E-state index in [-0.39, 0.29) is 25.9 Å². The molecule has 2 atom stereocenters. The first kappa shape index (κ1) is 23.1. The lowest BCUT2D eigenvalue weighted by Crippen LogP contribution is -2.42. The van der Waals surface area contributed by atoms with Gasteiger partial charge in [0.1, 0.15) is 11.6 Å². The van der Waals surface area contributed by atoms with Crippen molar-refractivity contribution in [3.63, 3.8) is 0 Å². The van der Waals surface area contributed by atoms with Crippen LogP contribution in [0.5, 0.6) is 0 Å². The summed E-state index contributed by atoms with van der Waals surface area (Å²) >= 11 is 0. The maximum Gasteiger partial charge on any atom is 0.407 e. The SMILES string of the molecule is CC(C)(C)OC(=O)NCCCC[C@@H](C(=O)O)N1CC(CS(=O)(=O)F)CC1=O. The molecule has 0 aromatic carbocycles. The van der Waals surface area contributed by atoms with Crippen LogP contribution in [0.15, 0.2) is 0 Å². The van der Waals surface area contributed by atoms with Gasteiger partial charge in [-0.2, -0.15) is 8.42 Å². The number of nitrogens with zero attached hydrogens (tertiary/aromatic N) is 1. The molecule has 156 valence electrons. The molecule has 1 aliphatic rings. The van der Waals surface area contributed by atoms with Crippen LogP contribution in [0.4, 0.5) is 8.68 Å². The number of likely N-dealkylation sites (tertiary alicyclic amines) is 1. The maximum absolute atomic E-state index is 12.8. The van der Waals surface area contributed by atoms with E-state index >= 15 is 0 Å². The molecule has 1 heterocycles. The van der Waals surface area contributed by atoms with Crippen molar-refractivity contribution in [3.05, 3.63) is 0 Å². The average molecular weight is 410 g/mol. The summed E-state index contributed by atoms with van der Waals surface area (Å²) in [5.41, 5.74) is -0.613. The number of ether oxygens (including phenoxy) is 1. The van der Waals surface area contributed by atoms with Gasteiger partial charge in [0.05, 0.1) is 5.75 Å². The van der Waals surface area contributed by atoms with Crippen molar-refractivity contribution in [2.24, 2.45) is 5.92 Å². The molecule has 0 radical (unpaired) electrons. The first-order valence-corrected chi connectivity index (χ1v) is 10.2. The predicted molar refractivity (Wildman–Crippen MR) is 94.2 cm³/mol. The van der Waals surface area contributed by atoms with Gasteiger partial charge in [-0.1, -0.05) is 0 Å². The van der Waals surface area contributed by atoms with Gasteiger partial charge in [-0.05, 0) is 40.0 Å². The van der Waals surface area contributed by atoms with Gasteiger partial charge in [-0.25, -0.2) is 9.59 Å². The Bertz CT molecular complexity index is 660. The summed E-state index contributed by atoms with van der Waals surface area (Å²) in [5, 5.41) is 11.9. The number of carbonyl (C=O) groups excluding carboxylic acids is 2. The van der Waals surface area contributed by atoms with Crippen LogP contribution in [-0.2, 0) is 24.5 Å². The number of carbonyl (C=O) groups is 3. The summed E-state index contributed by atoms with van der Waals surface area (Å²) in [6, 6.07) is -1.11. The quantitative estimate of drug-likeness (QED) is 0.432. The van der Waals surface area contributed by atoms with Gasteiger partial charge in [0.15, 0.2) is 0 Å². The molecule has 1 unspecified atom stereocenters. The third-order valence-electron chi connectivity index (χ3n) is 3.91. The zero-order valence-electron chi connectivity index (χ0n) is 15.7. The summed E-state index contributed by atoms with van der Waals surface area (Å²) in [7, 11) is -4.72. The second-order valence-electron chi connectivity index (χ2n) is 7.60. The van der Waals surface area contributed by atoms with Crippen LogP contribution in [0.3, 0.4) is 0 Å². The molecule has 2 amide bonds. The molecular formula is C16H27FN2O7S. The molecule has 9 nitrogen and oxygen atoms in total. The van der Waals surface area contributed by atoms with Crippen LogP contribution >= 0.6 is 0 Å². The maximum atomic E-state index is 12.8. The van der Waals surface area contributed by atoms with Gasteiger partial charge >= 0.3 is 22.3 Å². The fourth-order valence-electron chi connectivity index (χ4n) is 2.88. The molecule has 1 rings (SSSR count). The summed E-state index contributed by atoms with van der Waals surface area (Å²) in [4.78, 5) is 36.1. The van der Waals surface area contributed by atoms with E-state index in [0.29, 0.717) is 12.8 Å². The number of rotatable bonds is 9. The number of amides is 2. The molecule has 27 heavy (non-hydrogen) atoms. The van der Waals surface area contributed by atoms with Gasteiger partial charge in [-0.15, -0.1) is 3.89 Å². The number of alkyl carbamates (subject to hydrolysis) is 1. The largest absolute Gasteiger partial charge is 0.480 e. The third kappa shape index (κ3) is 9.03. The Kier molecular flexibility index (Phi) is 8.00. The Balaban J connectivity index is 2.45. The summed E-state index contributed by atoms with van der Waals surface area (Å²) < 4.78 is 39.3. The minimum absolute atomic E-state index is 0.102. The minimum atomic E-state index is -4.72. The first-order valence-electron chi connectivity index (χ1n) is 8.70. The molecule has 0 spiro atoms. The van der Waals surface area contributed by atoms with Crippen LogP contribution < -0.4 is 5.32 Å². The van der Waals surface area contributed by atoms with E-state index in [2.05, 4.69) is 5.32 Å². The molecule has 0 aliphatic carbocycles. The Labute approximate surface area is 158 Å². The highest BCUT2D eigenvalue weighted by Crippen LogP contribution is 2.24. The zero-order chi connectivity index (χ0) is 20.8. The highest BCUT2D eigenvalue weighted by Gasteiger charge is 2.39. The molecule has 1 aliphatic heterocycles. The van der Waals surface area contributed by atoms with Crippen molar-refractivity contribution < 1.29 is 36.5 Å². The molecular weight excluding hydrogens is 383 g/mol. The smallest absolute Gasteiger partial charge is 0.407 e. The number of nitrogens with one attached hydrogen (secondary N) is 1. The second kappa shape index (κ2) is 9.34. The number of unbranched alkanes of at least 4 members (excludes halogenated alkanes) is 1. The van der Waals surface area contributed by atoms with Gasteiger partial charge in [0.25, 0.3) is 0 Å². The first-order chi connectivity index (χ1) is 12.3. The van der Waals surface area contributed by atoms with E-state index < -0.39 is 51.5 Å². The van der Waals surface area contributed by atoms with Crippen molar-refractivity contribution >= 4 is 28.2 Å². The molecule has 0 aromatic rings. The van der Waals surface area contributed by atoms with Crippen molar-refractivity contribution in [1.82, 2.24) is 10.2 Å². The minimum Gasteiger partial charge on any atom is -0.480 e. The number of carboxylic acid groups (broad SMARTS) is 1. The number of aliphatic carboxylic acids is 1. The lowest BCUT2D eigenvalue weighted by Gasteiger charge is -2.24. The zero-order valence-corrected chi connectivity index (χ0v) is 16.6. The van der Waals surface area contributed by atoms with Crippen LogP contribution in [0.1, 0.15) is 46.5 Å². The number of carboxylic acids is 1. The number of halogens is 1. The Morgan fingerprint density at radius 1 is 1.37 bits per heavy atom. The fourth-order valence-corrected chi connectivity index (χ4v) is 3.67. The predicted octanol–water partition coefficient (Wildman–Crippen LogP) is 1.28. The van der Waals surface area contributed by atoms with E-state index in [9.17, 15) is 31.8 Å². The normalized spacial score (nSPS) is 19.0. The fraction of sp³-hybridized carbons (Fsp3) is 0.812. The van der Waals surface area contributed by atoms with E-state index in [1.165, 1.54) is 0 Å². The average Bonchev–Trinajstić information content (AvgIpc) is 2.78. The Hall–Kier alpha value is -1.91. The third-order valence-corrected chi connectivity index (χ3v) is 4.78. The summed E-state index contributed by atoms with van der Waals surface area (Å²) in [5.74, 6) is -3.24. The summed E-state index contributed by atoms with van der Waals surface area (Å²) in [6.07, 6.45) is 0.289. The van der Waals surface area contributed by atoms with Crippen molar-refractivity contribution in [1.29, 1.82) is 0 Å². The van der Waals surface area contributed by atoms with Crippen LogP contribution in [0.2, 0.25) is 0 Å². The van der Waals surface area contributed by atoms with Gasteiger partial charge < -0.3 is 20.1 Å². The summed E-state index contributed by atoms with van der Waals surface area (Å²) in [6.45, 7) is 5.39.